The van der Waals surface area contributed by atoms with Crippen LogP contribution in [0.15, 0.2) is 45.3 Å². The van der Waals surface area contributed by atoms with E-state index in [1.54, 1.807) is 23.5 Å². The van der Waals surface area contributed by atoms with Gasteiger partial charge in [-0.25, -0.2) is 4.98 Å². The van der Waals surface area contributed by atoms with E-state index in [4.69, 9.17) is 5.26 Å². The Morgan fingerprint density at radius 1 is 1.15 bits per heavy atom. The minimum atomic E-state index is 0.621. The van der Waals surface area contributed by atoms with Crippen molar-refractivity contribution in [2.75, 3.05) is 5.32 Å². The molecular formula is C14H7Br2N3S. The Bertz CT molecular complexity index is 836. The van der Waals surface area contributed by atoms with E-state index in [0.29, 0.717) is 5.56 Å². The highest BCUT2D eigenvalue weighted by atomic mass is 79.9. The predicted molar refractivity (Wildman–Crippen MR) is 89.5 cm³/mol. The largest absolute Gasteiger partial charge is 0.331 e. The molecule has 6 heteroatoms. The van der Waals surface area contributed by atoms with Crippen LogP contribution in [0.2, 0.25) is 0 Å². The molecule has 1 aromatic heterocycles. The molecule has 1 N–H and O–H groups in total. The average Bonchev–Trinajstić information content (AvgIpc) is 2.82. The number of rotatable bonds is 2. The first-order valence-electron chi connectivity index (χ1n) is 5.68. The Morgan fingerprint density at radius 3 is 2.75 bits per heavy atom. The van der Waals surface area contributed by atoms with Crippen molar-refractivity contribution < 1.29 is 0 Å². The number of nitrogens with zero attached hydrogens (tertiary/aromatic N) is 2. The summed E-state index contributed by atoms with van der Waals surface area (Å²) in [6.45, 7) is 0. The van der Waals surface area contributed by atoms with Gasteiger partial charge in [0.05, 0.1) is 27.5 Å². The number of halogens is 2. The van der Waals surface area contributed by atoms with E-state index in [9.17, 15) is 0 Å². The van der Waals surface area contributed by atoms with Gasteiger partial charge in [0.2, 0.25) is 0 Å². The van der Waals surface area contributed by atoms with Gasteiger partial charge in [-0.05, 0) is 52.3 Å². The molecule has 0 radical (unpaired) electrons. The second kappa shape index (κ2) is 5.52. The number of nitrogens with one attached hydrogen (secondary N) is 1. The molecule has 0 atom stereocenters. The average molecular weight is 409 g/mol. The smallest absolute Gasteiger partial charge is 0.188 e. The second-order valence-electron chi connectivity index (χ2n) is 4.06. The number of nitriles is 1. The summed E-state index contributed by atoms with van der Waals surface area (Å²) < 4.78 is 2.99. The SMILES string of the molecule is N#Cc1ccc(Nc2nc3cc(Br)ccc3s2)c(Br)c1. The molecule has 98 valence electrons. The van der Waals surface area contributed by atoms with Gasteiger partial charge in [0.1, 0.15) is 0 Å². The highest BCUT2D eigenvalue weighted by molar-refractivity contribution is 9.10. The quantitative estimate of drug-likeness (QED) is 0.614. The third-order valence-corrected chi connectivity index (χ3v) is 4.79. The molecule has 20 heavy (non-hydrogen) atoms. The zero-order chi connectivity index (χ0) is 14.1. The van der Waals surface area contributed by atoms with Crippen molar-refractivity contribution in [3.05, 3.63) is 50.9 Å². The normalized spacial score (nSPS) is 10.4. The highest BCUT2D eigenvalue weighted by Gasteiger charge is 2.07. The van der Waals surface area contributed by atoms with E-state index in [-0.39, 0.29) is 0 Å². The first-order chi connectivity index (χ1) is 9.65. The van der Waals surface area contributed by atoms with E-state index in [2.05, 4.69) is 48.2 Å². The number of anilines is 2. The van der Waals surface area contributed by atoms with Crippen LogP contribution < -0.4 is 5.32 Å². The topological polar surface area (TPSA) is 48.7 Å². The molecule has 3 nitrogen and oxygen atoms in total. The summed E-state index contributed by atoms with van der Waals surface area (Å²) in [5.41, 5.74) is 2.47. The van der Waals surface area contributed by atoms with Gasteiger partial charge >= 0.3 is 0 Å². The molecule has 0 aliphatic carbocycles. The van der Waals surface area contributed by atoms with Gasteiger partial charge in [0.25, 0.3) is 0 Å². The maximum Gasteiger partial charge on any atom is 0.188 e. The number of hydrogen-bond donors (Lipinski definition) is 1. The van der Waals surface area contributed by atoms with Crippen molar-refractivity contribution in [1.82, 2.24) is 4.98 Å². The number of benzene rings is 2. The summed E-state index contributed by atoms with van der Waals surface area (Å²) in [6, 6.07) is 13.6. The van der Waals surface area contributed by atoms with E-state index < -0.39 is 0 Å². The van der Waals surface area contributed by atoms with Crippen molar-refractivity contribution in [2.45, 2.75) is 0 Å². The molecule has 0 unspecified atom stereocenters. The summed E-state index contributed by atoms with van der Waals surface area (Å²) in [7, 11) is 0. The van der Waals surface area contributed by atoms with Gasteiger partial charge in [-0.15, -0.1) is 0 Å². The van der Waals surface area contributed by atoms with E-state index in [1.807, 2.05) is 24.3 Å². The van der Waals surface area contributed by atoms with Gasteiger partial charge in [0, 0.05) is 8.95 Å². The van der Waals surface area contributed by atoms with Crippen molar-refractivity contribution in [1.29, 1.82) is 5.26 Å². The third kappa shape index (κ3) is 2.70. The highest BCUT2D eigenvalue weighted by Crippen LogP contribution is 2.32. The molecule has 0 aliphatic rings. The molecule has 0 saturated carbocycles. The van der Waals surface area contributed by atoms with Gasteiger partial charge in [0.15, 0.2) is 5.13 Å². The summed E-state index contributed by atoms with van der Waals surface area (Å²) in [5, 5.41) is 12.9. The maximum absolute atomic E-state index is 8.86. The fourth-order valence-electron chi connectivity index (χ4n) is 1.76. The van der Waals surface area contributed by atoms with Crippen molar-refractivity contribution in [3.8, 4) is 6.07 Å². The Balaban J connectivity index is 1.95. The number of fused-ring (bicyclic) bond motifs is 1. The zero-order valence-corrected chi connectivity index (χ0v) is 14.0. The predicted octanol–water partition coefficient (Wildman–Crippen LogP) is 5.44. The van der Waals surface area contributed by atoms with Crippen LogP contribution in [0.5, 0.6) is 0 Å². The van der Waals surface area contributed by atoms with Gasteiger partial charge in [-0.3, -0.25) is 0 Å². The number of hydrogen-bond acceptors (Lipinski definition) is 4. The van der Waals surface area contributed by atoms with Crippen LogP contribution in [0.4, 0.5) is 10.8 Å². The Hall–Kier alpha value is -1.42. The van der Waals surface area contributed by atoms with Gasteiger partial charge in [-0.1, -0.05) is 27.3 Å². The fourth-order valence-corrected chi connectivity index (χ4v) is 3.44. The Labute approximate surface area is 136 Å². The molecule has 3 rings (SSSR count). The summed E-state index contributed by atoms with van der Waals surface area (Å²) in [5.74, 6) is 0. The Morgan fingerprint density at radius 2 is 2.00 bits per heavy atom. The lowest BCUT2D eigenvalue weighted by Crippen LogP contribution is -1.90. The van der Waals surface area contributed by atoms with Crippen molar-refractivity contribution >= 4 is 64.2 Å². The zero-order valence-electron chi connectivity index (χ0n) is 10.0. The molecular weight excluding hydrogens is 402 g/mol. The monoisotopic (exact) mass is 407 g/mol. The molecule has 0 saturated heterocycles. The van der Waals surface area contributed by atoms with Crippen LogP contribution in [0.3, 0.4) is 0 Å². The number of aromatic nitrogens is 1. The first kappa shape index (κ1) is 13.6. The molecule has 3 aromatic rings. The van der Waals surface area contributed by atoms with E-state index >= 15 is 0 Å². The molecule has 0 amide bonds. The molecule has 0 bridgehead atoms. The molecule has 2 aromatic carbocycles. The fraction of sp³-hybridized carbons (Fsp3) is 0. The lowest BCUT2D eigenvalue weighted by atomic mass is 10.2. The van der Waals surface area contributed by atoms with Crippen LogP contribution in [0.1, 0.15) is 5.56 Å². The third-order valence-electron chi connectivity index (χ3n) is 2.69. The van der Waals surface area contributed by atoms with Crippen LogP contribution in [0, 0.1) is 11.3 Å². The first-order valence-corrected chi connectivity index (χ1v) is 8.09. The lowest BCUT2D eigenvalue weighted by Gasteiger charge is -2.05. The van der Waals surface area contributed by atoms with Crippen LogP contribution >= 0.6 is 43.2 Å². The lowest BCUT2D eigenvalue weighted by molar-refractivity contribution is 1.42. The maximum atomic E-state index is 8.86. The van der Waals surface area contributed by atoms with Crippen molar-refractivity contribution in [3.63, 3.8) is 0 Å². The number of thiazole rings is 1. The molecule has 0 aliphatic heterocycles. The van der Waals surface area contributed by atoms with Gasteiger partial charge < -0.3 is 5.32 Å². The van der Waals surface area contributed by atoms with Gasteiger partial charge in [-0.2, -0.15) is 5.26 Å². The van der Waals surface area contributed by atoms with Crippen LogP contribution in [-0.4, -0.2) is 4.98 Å². The van der Waals surface area contributed by atoms with E-state index in [0.717, 1.165) is 30.0 Å². The Kier molecular flexibility index (Phi) is 3.74. The summed E-state index contributed by atoms with van der Waals surface area (Å²) in [4.78, 5) is 4.54. The second-order valence-corrected chi connectivity index (χ2v) is 6.86. The minimum absolute atomic E-state index is 0.621. The standard InChI is InChI=1S/C14H7Br2N3S/c15-9-2-4-13-12(6-9)19-14(20-13)18-11-3-1-8(7-17)5-10(11)16/h1-6H,(H,18,19). The van der Waals surface area contributed by atoms with Crippen LogP contribution in [-0.2, 0) is 0 Å². The van der Waals surface area contributed by atoms with Crippen LogP contribution in [0.25, 0.3) is 10.2 Å². The van der Waals surface area contributed by atoms with E-state index in [1.165, 1.54) is 0 Å². The molecule has 1 heterocycles. The summed E-state index contributed by atoms with van der Waals surface area (Å²) >= 11 is 8.49. The summed E-state index contributed by atoms with van der Waals surface area (Å²) in [6.07, 6.45) is 0. The minimum Gasteiger partial charge on any atom is -0.331 e. The molecule has 0 spiro atoms. The van der Waals surface area contributed by atoms with Crippen molar-refractivity contribution in [2.24, 2.45) is 0 Å². The molecule has 0 fully saturated rings.